The maximum absolute atomic E-state index is 10.3. The van der Waals surface area contributed by atoms with E-state index in [1.54, 1.807) is 16.8 Å². The SMILES string of the molecule is Cc1ccc(C)c(OC[C@@H](O)CSc2nnnn2-c2ccc(Cl)cc2)c1C. The number of tetrazole rings is 1. The number of ether oxygens (including phenoxy) is 1. The average Bonchev–Trinajstić information content (AvgIpc) is 3.12. The van der Waals surface area contributed by atoms with Gasteiger partial charge in [0, 0.05) is 10.8 Å². The summed E-state index contributed by atoms with van der Waals surface area (Å²) in [5.74, 6) is 1.25. The predicted octanol–water partition coefficient (Wildman–Crippen LogP) is 3.77. The summed E-state index contributed by atoms with van der Waals surface area (Å²) in [5, 5.41) is 23.3. The third-order valence-corrected chi connectivity index (χ3v) is 5.53. The second-order valence-corrected chi connectivity index (χ2v) is 7.70. The topological polar surface area (TPSA) is 73.1 Å². The molecule has 1 N–H and O–H groups in total. The molecule has 142 valence electrons. The minimum Gasteiger partial charge on any atom is -0.490 e. The lowest BCUT2D eigenvalue weighted by Crippen LogP contribution is -2.21. The molecule has 0 unspecified atom stereocenters. The van der Waals surface area contributed by atoms with E-state index in [4.69, 9.17) is 16.3 Å². The Bertz CT molecular complexity index is 915. The molecular formula is C19H21ClN4O2S. The van der Waals surface area contributed by atoms with Crippen molar-refractivity contribution in [3.05, 3.63) is 58.1 Å². The molecule has 0 saturated heterocycles. The van der Waals surface area contributed by atoms with Gasteiger partial charge in [-0.2, -0.15) is 4.68 Å². The fourth-order valence-electron chi connectivity index (χ4n) is 2.56. The maximum atomic E-state index is 10.3. The van der Waals surface area contributed by atoms with E-state index >= 15 is 0 Å². The molecule has 3 rings (SSSR count). The van der Waals surface area contributed by atoms with Gasteiger partial charge in [0.25, 0.3) is 0 Å². The van der Waals surface area contributed by atoms with Crippen molar-refractivity contribution in [2.45, 2.75) is 32.0 Å². The van der Waals surface area contributed by atoms with E-state index in [0.29, 0.717) is 15.9 Å². The van der Waals surface area contributed by atoms with E-state index in [9.17, 15) is 5.11 Å². The van der Waals surface area contributed by atoms with Crippen LogP contribution < -0.4 is 4.74 Å². The van der Waals surface area contributed by atoms with Crippen LogP contribution in [0.4, 0.5) is 0 Å². The summed E-state index contributed by atoms with van der Waals surface area (Å²) >= 11 is 7.29. The molecule has 0 radical (unpaired) electrons. The minimum atomic E-state index is -0.648. The van der Waals surface area contributed by atoms with Crippen molar-refractivity contribution < 1.29 is 9.84 Å². The van der Waals surface area contributed by atoms with Crippen molar-refractivity contribution in [2.24, 2.45) is 0 Å². The molecule has 1 heterocycles. The predicted molar refractivity (Wildman–Crippen MR) is 107 cm³/mol. The fourth-order valence-corrected chi connectivity index (χ4v) is 3.48. The lowest BCUT2D eigenvalue weighted by Gasteiger charge is -2.16. The molecule has 0 bridgehead atoms. The van der Waals surface area contributed by atoms with Crippen LogP contribution in [0.1, 0.15) is 16.7 Å². The largest absolute Gasteiger partial charge is 0.490 e. The van der Waals surface area contributed by atoms with Crippen LogP contribution in [0.5, 0.6) is 5.75 Å². The number of thioether (sulfide) groups is 1. The van der Waals surface area contributed by atoms with Crippen LogP contribution in [-0.4, -0.2) is 43.8 Å². The van der Waals surface area contributed by atoms with Gasteiger partial charge in [-0.15, -0.1) is 5.10 Å². The van der Waals surface area contributed by atoms with Crippen LogP contribution in [0.25, 0.3) is 5.69 Å². The highest BCUT2D eigenvalue weighted by Gasteiger charge is 2.14. The van der Waals surface area contributed by atoms with Gasteiger partial charge in [-0.25, -0.2) is 0 Å². The Kier molecular flexibility index (Phi) is 6.36. The number of rotatable bonds is 7. The van der Waals surface area contributed by atoms with E-state index in [-0.39, 0.29) is 6.61 Å². The molecule has 0 aliphatic carbocycles. The normalized spacial score (nSPS) is 12.2. The van der Waals surface area contributed by atoms with E-state index in [1.807, 2.05) is 39.0 Å². The van der Waals surface area contributed by atoms with Crippen molar-refractivity contribution in [3.8, 4) is 11.4 Å². The molecule has 0 aliphatic rings. The number of aliphatic hydroxyl groups excluding tert-OH is 1. The zero-order valence-electron chi connectivity index (χ0n) is 15.4. The first-order valence-corrected chi connectivity index (χ1v) is 9.87. The number of halogens is 1. The molecular weight excluding hydrogens is 384 g/mol. The van der Waals surface area contributed by atoms with Gasteiger partial charge < -0.3 is 9.84 Å². The zero-order valence-corrected chi connectivity index (χ0v) is 17.0. The van der Waals surface area contributed by atoms with E-state index < -0.39 is 6.10 Å². The van der Waals surface area contributed by atoms with Crippen LogP contribution in [0, 0.1) is 20.8 Å². The first-order valence-electron chi connectivity index (χ1n) is 8.50. The highest BCUT2D eigenvalue weighted by Crippen LogP contribution is 2.26. The Labute approximate surface area is 167 Å². The number of aromatic nitrogens is 4. The zero-order chi connectivity index (χ0) is 19.4. The van der Waals surface area contributed by atoms with Gasteiger partial charge >= 0.3 is 0 Å². The summed E-state index contributed by atoms with van der Waals surface area (Å²) in [6.45, 7) is 6.29. The highest BCUT2D eigenvalue weighted by atomic mass is 35.5. The molecule has 6 nitrogen and oxygen atoms in total. The third kappa shape index (κ3) is 4.80. The van der Waals surface area contributed by atoms with Gasteiger partial charge in [-0.1, -0.05) is 35.5 Å². The van der Waals surface area contributed by atoms with Crippen LogP contribution >= 0.6 is 23.4 Å². The van der Waals surface area contributed by atoms with Crippen LogP contribution in [-0.2, 0) is 0 Å². The van der Waals surface area contributed by atoms with Crippen LogP contribution in [0.2, 0.25) is 5.02 Å². The lowest BCUT2D eigenvalue weighted by molar-refractivity contribution is 0.125. The molecule has 0 saturated carbocycles. The van der Waals surface area contributed by atoms with Crippen molar-refractivity contribution in [1.82, 2.24) is 20.2 Å². The van der Waals surface area contributed by atoms with Gasteiger partial charge in [-0.3, -0.25) is 0 Å². The quantitative estimate of drug-likeness (QED) is 0.604. The minimum absolute atomic E-state index is 0.209. The van der Waals surface area contributed by atoms with Crippen molar-refractivity contribution in [1.29, 1.82) is 0 Å². The number of hydrogen-bond donors (Lipinski definition) is 1. The second kappa shape index (κ2) is 8.73. The van der Waals surface area contributed by atoms with Gasteiger partial charge in [0.15, 0.2) is 0 Å². The average molecular weight is 405 g/mol. The number of aliphatic hydroxyl groups is 1. The monoisotopic (exact) mass is 404 g/mol. The van der Waals surface area contributed by atoms with Crippen molar-refractivity contribution >= 4 is 23.4 Å². The number of benzene rings is 2. The van der Waals surface area contributed by atoms with Crippen molar-refractivity contribution in [3.63, 3.8) is 0 Å². The second-order valence-electron chi connectivity index (χ2n) is 6.28. The smallest absolute Gasteiger partial charge is 0.214 e. The Morgan fingerprint density at radius 3 is 2.56 bits per heavy atom. The Balaban J connectivity index is 1.59. The van der Waals surface area contributed by atoms with Gasteiger partial charge in [0.1, 0.15) is 12.4 Å². The van der Waals surface area contributed by atoms with Crippen LogP contribution in [0.3, 0.4) is 0 Å². The van der Waals surface area contributed by atoms with Gasteiger partial charge in [0.05, 0.1) is 11.8 Å². The number of nitrogens with zero attached hydrogens (tertiary/aromatic N) is 4. The van der Waals surface area contributed by atoms with Crippen LogP contribution in [0.15, 0.2) is 41.6 Å². The third-order valence-electron chi connectivity index (χ3n) is 4.21. The van der Waals surface area contributed by atoms with Gasteiger partial charge in [-0.05, 0) is 72.2 Å². The first kappa shape index (κ1) is 19.7. The molecule has 0 fully saturated rings. The summed E-state index contributed by atoms with van der Waals surface area (Å²) in [7, 11) is 0. The number of aryl methyl sites for hydroxylation is 2. The van der Waals surface area contributed by atoms with Crippen molar-refractivity contribution in [2.75, 3.05) is 12.4 Å². The molecule has 8 heteroatoms. The van der Waals surface area contributed by atoms with Gasteiger partial charge in [0.2, 0.25) is 5.16 Å². The summed E-state index contributed by atoms with van der Waals surface area (Å²) in [5.41, 5.74) is 4.14. The van der Waals surface area contributed by atoms with E-state index in [1.165, 1.54) is 17.3 Å². The Morgan fingerprint density at radius 2 is 1.81 bits per heavy atom. The summed E-state index contributed by atoms with van der Waals surface area (Å²) in [6, 6.07) is 11.3. The summed E-state index contributed by atoms with van der Waals surface area (Å²) in [6.07, 6.45) is -0.648. The molecule has 2 aromatic carbocycles. The molecule has 27 heavy (non-hydrogen) atoms. The standard InChI is InChI=1S/C19H21ClN4O2S/c1-12-4-5-13(2)18(14(12)3)26-10-17(25)11-27-19-21-22-23-24(19)16-8-6-15(20)7-9-16/h4-9,17,25H,10-11H2,1-3H3/t17-/m1/s1. The fraction of sp³-hybridized carbons (Fsp3) is 0.316. The molecule has 1 atom stereocenters. The molecule has 0 spiro atoms. The van der Waals surface area contributed by atoms with E-state index in [2.05, 4.69) is 21.6 Å². The first-order chi connectivity index (χ1) is 13.0. The summed E-state index contributed by atoms with van der Waals surface area (Å²) < 4.78 is 7.49. The maximum Gasteiger partial charge on any atom is 0.214 e. The Morgan fingerprint density at radius 1 is 1.11 bits per heavy atom. The molecule has 0 aliphatic heterocycles. The molecule has 0 amide bonds. The molecule has 1 aromatic heterocycles. The highest BCUT2D eigenvalue weighted by molar-refractivity contribution is 7.99. The molecule has 3 aromatic rings. The lowest BCUT2D eigenvalue weighted by atomic mass is 10.1. The number of hydrogen-bond acceptors (Lipinski definition) is 6. The Hall–Kier alpha value is -2.09. The summed E-state index contributed by atoms with van der Waals surface area (Å²) in [4.78, 5) is 0. The van der Waals surface area contributed by atoms with E-state index in [0.717, 1.165) is 22.6 Å².